The first-order valence-corrected chi connectivity index (χ1v) is 17.5. The van der Waals surface area contributed by atoms with E-state index in [9.17, 15) is 9.18 Å². The highest BCUT2D eigenvalue weighted by Crippen LogP contribution is 2.50. The summed E-state index contributed by atoms with van der Waals surface area (Å²) < 4.78 is 26.7. The second-order valence-corrected chi connectivity index (χ2v) is 14.3. The number of nitrogens with one attached hydrogen (secondary N) is 1. The number of hydrogen-bond acceptors (Lipinski definition) is 9. The van der Waals surface area contributed by atoms with Crippen molar-refractivity contribution in [2.24, 2.45) is 5.92 Å². The lowest BCUT2D eigenvalue weighted by Crippen LogP contribution is -2.22. The first-order valence-electron chi connectivity index (χ1n) is 16.7. The van der Waals surface area contributed by atoms with Gasteiger partial charge in [-0.25, -0.2) is 9.37 Å². The van der Waals surface area contributed by atoms with Gasteiger partial charge in [0, 0.05) is 43.3 Å². The SMILES string of the molecule is Cc1nnc(-c2c(CCC3CCOCC3)nc3c(c2-c2cc4ccnc(N[C@@H]5CCc6cc(F)ccc65)c4s2)C(=O)N2CCC[C@H]32)o1. The maximum Gasteiger partial charge on any atom is 0.257 e. The van der Waals surface area contributed by atoms with E-state index in [1.54, 1.807) is 24.3 Å². The molecule has 9 rings (SSSR count). The number of ether oxygens (including phenoxy) is 1. The van der Waals surface area contributed by atoms with Gasteiger partial charge in [-0.1, -0.05) is 6.07 Å². The monoisotopic (exact) mass is 650 g/mol. The maximum atomic E-state index is 14.2. The minimum Gasteiger partial charge on any atom is -0.421 e. The van der Waals surface area contributed by atoms with Crippen LogP contribution in [0, 0.1) is 18.7 Å². The molecule has 0 spiro atoms. The topological polar surface area (TPSA) is 106 Å². The summed E-state index contributed by atoms with van der Waals surface area (Å²) in [5, 5.41) is 13.4. The predicted molar refractivity (Wildman–Crippen MR) is 177 cm³/mol. The van der Waals surface area contributed by atoms with Gasteiger partial charge < -0.3 is 19.4 Å². The molecule has 0 saturated carbocycles. The summed E-state index contributed by atoms with van der Waals surface area (Å²) in [5.41, 5.74) is 6.23. The van der Waals surface area contributed by atoms with Crippen LogP contribution < -0.4 is 5.32 Å². The summed E-state index contributed by atoms with van der Waals surface area (Å²) in [5.74, 6) is 2.05. The van der Waals surface area contributed by atoms with Gasteiger partial charge in [0.05, 0.1) is 39.3 Å². The number of hydrogen-bond donors (Lipinski definition) is 1. The lowest BCUT2D eigenvalue weighted by atomic mass is 9.90. The Morgan fingerprint density at radius 3 is 2.81 bits per heavy atom. The Balaban J connectivity index is 1.19. The largest absolute Gasteiger partial charge is 0.421 e. The number of amides is 1. The predicted octanol–water partition coefficient (Wildman–Crippen LogP) is 7.61. The average Bonchev–Trinajstić information content (AvgIpc) is 3.92. The first-order chi connectivity index (χ1) is 23.0. The van der Waals surface area contributed by atoms with Gasteiger partial charge in [-0.15, -0.1) is 21.5 Å². The van der Waals surface area contributed by atoms with Crippen LogP contribution in [0.15, 0.2) is 40.9 Å². The van der Waals surface area contributed by atoms with Crippen molar-refractivity contribution in [2.75, 3.05) is 25.1 Å². The third-order valence-corrected chi connectivity index (χ3v) is 11.6. The van der Waals surface area contributed by atoms with Crippen molar-refractivity contribution in [2.45, 2.75) is 70.4 Å². The minimum absolute atomic E-state index is 0.00269. The Morgan fingerprint density at radius 2 is 1.96 bits per heavy atom. The van der Waals surface area contributed by atoms with Crippen LogP contribution in [0.2, 0.25) is 0 Å². The van der Waals surface area contributed by atoms with Gasteiger partial charge in [0.2, 0.25) is 11.8 Å². The van der Waals surface area contributed by atoms with E-state index in [0.717, 1.165) is 126 Å². The van der Waals surface area contributed by atoms with E-state index in [-0.39, 0.29) is 23.8 Å². The quantitative estimate of drug-likeness (QED) is 0.192. The molecule has 2 atom stereocenters. The van der Waals surface area contributed by atoms with Crippen LogP contribution >= 0.6 is 11.3 Å². The fourth-order valence-corrected chi connectivity index (χ4v) is 9.24. The summed E-state index contributed by atoms with van der Waals surface area (Å²) in [6.45, 7) is 4.12. The van der Waals surface area contributed by atoms with Gasteiger partial charge in [-0.3, -0.25) is 9.78 Å². The van der Waals surface area contributed by atoms with Crippen LogP contribution in [0.5, 0.6) is 0 Å². The van der Waals surface area contributed by atoms with Crippen molar-refractivity contribution in [1.82, 2.24) is 25.1 Å². The number of anilines is 1. The molecule has 5 aromatic rings. The van der Waals surface area contributed by atoms with Crippen LogP contribution in [-0.2, 0) is 17.6 Å². The zero-order chi connectivity index (χ0) is 31.6. The first kappa shape index (κ1) is 29.0. The van der Waals surface area contributed by atoms with Crippen molar-refractivity contribution in [3.63, 3.8) is 0 Å². The normalized spacial score (nSPS) is 20.6. The molecule has 240 valence electrons. The molecular weight excluding hydrogens is 616 g/mol. The Bertz CT molecular complexity index is 2030. The maximum absolute atomic E-state index is 14.2. The van der Waals surface area contributed by atoms with Gasteiger partial charge in [-0.2, -0.15) is 0 Å². The molecule has 47 heavy (non-hydrogen) atoms. The molecule has 9 nitrogen and oxygen atoms in total. The molecule has 1 aliphatic carbocycles. The highest BCUT2D eigenvalue weighted by Gasteiger charge is 2.45. The summed E-state index contributed by atoms with van der Waals surface area (Å²) in [4.78, 5) is 27.2. The Labute approximate surface area is 275 Å². The lowest BCUT2D eigenvalue weighted by Gasteiger charge is -2.22. The molecule has 0 radical (unpaired) electrons. The van der Waals surface area contributed by atoms with Crippen LogP contribution in [0.1, 0.15) is 89.4 Å². The molecule has 1 amide bonds. The van der Waals surface area contributed by atoms with E-state index in [4.69, 9.17) is 19.1 Å². The summed E-state index contributed by atoms with van der Waals surface area (Å²) in [6.07, 6.45) is 9.23. The van der Waals surface area contributed by atoms with Crippen LogP contribution in [0.25, 0.3) is 32.0 Å². The zero-order valence-corrected chi connectivity index (χ0v) is 27.0. The molecule has 4 aromatic heterocycles. The summed E-state index contributed by atoms with van der Waals surface area (Å²) in [6, 6.07) is 9.27. The molecule has 0 bridgehead atoms. The molecule has 1 aromatic carbocycles. The van der Waals surface area contributed by atoms with Gasteiger partial charge in [0.25, 0.3) is 5.91 Å². The van der Waals surface area contributed by atoms with E-state index in [1.807, 2.05) is 23.2 Å². The van der Waals surface area contributed by atoms with Gasteiger partial charge in [0.1, 0.15) is 11.6 Å². The van der Waals surface area contributed by atoms with Crippen molar-refractivity contribution >= 4 is 33.1 Å². The molecular formula is C36H35FN6O3S. The third-order valence-electron chi connectivity index (χ3n) is 10.4. The minimum atomic E-state index is -0.202. The molecule has 2 saturated heterocycles. The van der Waals surface area contributed by atoms with Crippen LogP contribution in [-0.4, -0.2) is 50.7 Å². The summed E-state index contributed by atoms with van der Waals surface area (Å²) in [7, 11) is 0. The molecule has 4 aliphatic rings. The number of carbonyl (C=O) groups excluding carboxylic acids is 1. The number of halogens is 1. The smallest absolute Gasteiger partial charge is 0.257 e. The number of aromatic nitrogens is 4. The van der Waals surface area contributed by atoms with Crippen molar-refractivity contribution in [3.05, 3.63) is 76.3 Å². The van der Waals surface area contributed by atoms with Crippen molar-refractivity contribution in [3.8, 4) is 21.9 Å². The Kier molecular flexibility index (Phi) is 7.08. The number of aryl methyl sites for hydroxylation is 3. The van der Waals surface area contributed by atoms with E-state index < -0.39 is 0 Å². The van der Waals surface area contributed by atoms with E-state index in [2.05, 4.69) is 21.6 Å². The number of carbonyl (C=O) groups is 1. The number of pyridine rings is 2. The number of fused-ring (bicyclic) bond motifs is 5. The van der Waals surface area contributed by atoms with Crippen LogP contribution in [0.3, 0.4) is 0 Å². The molecule has 7 heterocycles. The molecule has 2 fully saturated rings. The number of thiophene rings is 1. The Morgan fingerprint density at radius 1 is 1.06 bits per heavy atom. The van der Waals surface area contributed by atoms with Crippen molar-refractivity contribution < 1.29 is 18.3 Å². The lowest BCUT2D eigenvalue weighted by molar-refractivity contribution is 0.0639. The van der Waals surface area contributed by atoms with Gasteiger partial charge in [0.15, 0.2) is 0 Å². The van der Waals surface area contributed by atoms with Gasteiger partial charge in [-0.05, 0) is 98.1 Å². The fraction of sp³-hybridized carbons (Fsp3) is 0.417. The van der Waals surface area contributed by atoms with Crippen LogP contribution in [0.4, 0.5) is 10.2 Å². The van der Waals surface area contributed by atoms with E-state index in [0.29, 0.717) is 23.3 Å². The highest BCUT2D eigenvalue weighted by atomic mass is 32.1. The zero-order valence-electron chi connectivity index (χ0n) is 26.2. The molecule has 0 unspecified atom stereocenters. The average molecular weight is 651 g/mol. The Hall–Kier alpha value is -4.22. The summed E-state index contributed by atoms with van der Waals surface area (Å²) >= 11 is 1.62. The standard InChI is InChI=1S/C36H35FN6O3S/c1-19-41-42-35(46-19)29-26(8-4-20-11-15-45-16-12-20)39-32-27-3-2-14-43(27)36(44)31(32)30(29)28-18-22-10-13-38-34(33(22)47-28)40-25-9-5-21-17-23(37)6-7-24(21)25/h6-7,10,13,17-18,20,25,27H,2-5,8-9,11-12,14-16H2,1H3,(H,38,40)/t25-,27-/m1/s1. The highest BCUT2D eigenvalue weighted by molar-refractivity contribution is 7.23. The van der Waals surface area contributed by atoms with E-state index >= 15 is 0 Å². The van der Waals surface area contributed by atoms with E-state index in [1.165, 1.54) is 6.07 Å². The molecule has 11 heteroatoms. The third kappa shape index (κ3) is 4.93. The molecule has 3 aliphatic heterocycles. The van der Waals surface area contributed by atoms with Gasteiger partial charge >= 0.3 is 0 Å². The fourth-order valence-electron chi connectivity index (χ4n) is 8.07. The second kappa shape index (κ2) is 11.5. The van der Waals surface area contributed by atoms with Crippen molar-refractivity contribution in [1.29, 1.82) is 0 Å². The number of rotatable bonds is 7. The number of benzene rings is 1. The molecule has 1 N–H and O–H groups in total. The second-order valence-electron chi connectivity index (χ2n) is 13.2. The number of nitrogens with zero attached hydrogens (tertiary/aromatic N) is 5.